The summed E-state index contributed by atoms with van der Waals surface area (Å²) in [5.41, 5.74) is 2.12. The van der Waals surface area contributed by atoms with Gasteiger partial charge in [-0.1, -0.05) is 36.4 Å². The molecule has 5 nitrogen and oxygen atoms in total. The molecule has 0 saturated carbocycles. The number of ether oxygens (including phenoxy) is 2. The zero-order chi connectivity index (χ0) is 20.6. The van der Waals surface area contributed by atoms with Gasteiger partial charge in [0, 0.05) is 16.5 Å². The predicted molar refractivity (Wildman–Crippen MR) is 116 cm³/mol. The van der Waals surface area contributed by atoms with Gasteiger partial charge in [-0.15, -0.1) is 11.3 Å². The molecule has 152 valence electrons. The normalized spacial score (nSPS) is 12.8. The monoisotopic (exact) mass is 411 g/mol. The van der Waals surface area contributed by atoms with Crippen LogP contribution in [0.1, 0.15) is 22.0 Å². The SMILES string of the molecule is COc1ccc(C[NH+](C)CC(=O)N[C@@H](c2ccccc2)c2cccs2)c(OC)c1. The topological polar surface area (TPSA) is 52.0 Å². The van der Waals surface area contributed by atoms with E-state index in [1.807, 2.05) is 67.0 Å². The van der Waals surface area contributed by atoms with E-state index in [2.05, 4.69) is 11.4 Å². The van der Waals surface area contributed by atoms with E-state index in [0.717, 1.165) is 32.4 Å². The quantitative estimate of drug-likeness (QED) is 0.569. The van der Waals surface area contributed by atoms with Gasteiger partial charge in [0.25, 0.3) is 5.91 Å². The summed E-state index contributed by atoms with van der Waals surface area (Å²) in [7, 11) is 5.28. The molecule has 0 spiro atoms. The van der Waals surface area contributed by atoms with E-state index in [9.17, 15) is 4.79 Å². The molecular formula is C23H27N2O3S+. The minimum absolute atomic E-state index is 0.0113. The van der Waals surface area contributed by atoms with E-state index in [1.54, 1.807) is 25.6 Å². The fourth-order valence-corrected chi connectivity index (χ4v) is 4.09. The minimum atomic E-state index is -0.132. The second-order valence-corrected chi connectivity index (χ2v) is 7.89. The van der Waals surface area contributed by atoms with E-state index < -0.39 is 0 Å². The van der Waals surface area contributed by atoms with Gasteiger partial charge in [-0.3, -0.25) is 4.79 Å². The minimum Gasteiger partial charge on any atom is -0.497 e. The second-order valence-electron chi connectivity index (χ2n) is 6.92. The van der Waals surface area contributed by atoms with Gasteiger partial charge < -0.3 is 19.7 Å². The van der Waals surface area contributed by atoms with Crippen LogP contribution in [0.5, 0.6) is 11.5 Å². The summed E-state index contributed by atoms with van der Waals surface area (Å²) in [6.07, 6.45) is 0. The molecule has 3 rings (SSSR count). The number of hydrogen-bond donors (Lipinski definition) is 2. The Morgan fingerprint density at radius 2 is 1.86 bits per heavy atom. The molecule has 1 unspecified atom stereocenters. The van der Waals surface area contributed by atoms with Crippen molar-refractivity contribution in [2.75, 3.05) is 27.8 Å². The average Bonchev–Trinajstić information content (AvgIpc) is 3.27. The number of carbonyl (C=O) groups is 1. The molecular weight excluding hydrogens is 384 g/mol. The van der Waals surface area contributed by atoms with Crippen LogP contribution in [0.2, 0.25) is 0 Å². The van der Waals surface area contributed by atoms with E-state index in [-0.39, 0.29) is 11.9 Å². The van der Waals surface area contributed by atoms with E-state index in [0.29, 0.717) is 13.1 Å². The number of hydrogen-bond acceptors (Lipinski definition) is 4. The Morgan fingerprint density at radius 1 is 1.07 bits per heavy atom. The van der Waals surface area contributed by atoms with Crippen molar-refractivity contribution in [3.63, 3.8) is 0 Å². The Labute approximate surface area is 175 Å². The zero-order valence-corrected chi connectivity index (χ0v) is 17.8. The van der Waals surface area contributed by atoms with Crippen LogP contribution in [0.3, 0.4) is 0 Å². The summed E-state index contributed by atoms with van der Waals surface area (Å²) >= 11 is 1.65. The fraction of sp³-hybridized carbons (Fsp3) is 0.261. The Kier molecular flexibility index (Phi) is 7.27. The number of carbonyl (C=O) groups excluding carboxylic acids is 1. The standard InChI is InChI=1S/C23H26N2O3S/c1-25(15-18-11-12-19(27-2)14-20(18)28-3)16-22(26)24-23(21-10-7-13-29-21)17-8-5-4-6-9-17/h4-14,23H,15-16H2,1-3H3,(H,24,26)/p+1/t23-/m0/s1. The summed E-state index contributed by atoms with van der Waals surface area (Å²) in [4.78, 5) is 15.0. The van der Waals surface area contributed by atoms with Crippen molar-refractivity contribution in [2.45, 2.75) is 12.6 Å². The van der Waals surface area contributed by atoms with Crippen LogP contribution in [0.15, 0.2) is 66.0 Å². The Hall–Kier alpha value is -2.83. The Morgan fingerprint density at radius 3 is 2.52 bits per heavy atom. The smallest absolute Gasteiger partial charge is 0.275 e. The molecule has 1 amide bonds. The highest BCUT2D eigenvalue weighted by atomic mass is 32.1. The number of methoxy groups -OCH3 is 2. The molecule has 0 aliphatic heterocycles. The lowest BCUT2D eigenvalue weighted by Gasteiger charge is -2.20. The lowest BCUT2D eigenvalue weighted by atomic mass is 10.1. The molecule has 6 heteroatoms. The predicted octanol–water partition coefficient (Wildman–Crippen LogP) is 2.69. The largest absolute Gasteiger partial charge is 0.497 e. The third-order valence-electron chi connectivity index (χ3n) is 4.71. The highest BCUT2D eigenvalue weighted by Gasteiger charge is 2.20. The number of nitrogens with one attached hydrogen (secondary N) is 2. The van der Waals surface area contributed by atoms with Crippen LogP contribution in [0.25, 0.3) is 0 Å². The lowest BCUT2D eigenvalue weighted by molar-refractivity contribution is -0.885. The first-order valence-electron chi connectivity index (χ1n) is 9.50. The van der Waals surface area contributed by atoms with Crippen molar-refractivity contribution >= 4 is 17.2 Å². The third-order valence-corrected chi connectivity index (χ3v) is 5.65. The second kappa shape index (κ2) is 10.1. The van der Waals surface area contributed by atoms with Gasteiger partial charge in [0.15, 0.2) is 6.54 Å². The summed E-state index contributed by atoms with van der Waals surface area (Å²) in [6, 6.07) is 19.8. The highest BCUT2D eigenvalue weighted by Crippen LogP contribution is 2.26. The first-order valence-corrected chi connectivity index (χ1v) is 10.4. The van der Waals surface area contributed by atoms with Gasteiger partial charge in [-0.25, -0.2) is 0 Å². The van der Waals surface area contributed by atoms with Crippen molar-refractivity contribution in [2.24, 2.45) is 0 Å². The highest BCUT2D eigenvalue weighted by molar-refractivity contribution is 7.10. The molecule has 1 heterocycles. The van der Waals surface area contributed by atoms with Gasteiger partial charge >= 0.3 is 0 Å². The molecule has 0 fully saturated rings. The van der Waals surface area contributed by atoms with Crippen molar-refractivity contribution in [3.05, 3.63) is 82.0 Å². The molecule has 0 saturated heterocycles. The molecule has 0 radical (unpaired) electrons. The van der Waals surface area contributed by atoms with Crippen LogP contribution in [-0.4, -0.2) is 33.7 Å². The van der Waals surface area contributed by atoms with Crippen LogP contribution < -0.4 is 19.7 Å². The fourth-order valence-electron chi connectivity index (χ4n) is 3.29. The van der Waals surface area contributed by atoms with E-state index >= 15 is 0 Å². The van der Waals surface area contributed by atoms with Crippen LogP contribution >= 0.6 is 11.3 Å². The summed E-state index contributed by atoms with van der Waals surface area (Å²) < 4.78 is 10.7. The van der Waals surface area contributed by atoms with Gasteiger partial charge in [0.2, 0.25) is 0 Å². The molecule has 3 aromatic rings. The molecule has 29 heavy (non-hydrogen) atoms. The van der Waals surface area contributed by atoms with Crippen LogP contribution in [0.4, 0.5) is 0 Å². The number of amides is 1. The van der Waals surface area contributed by atoms with E-state index in [4.69, 9.17) is 9.47 Å². The van der Waals surface area contributed by atoms with Crippen molar-refractivity contribution in [3.8, 4) is 11.5 Å². The van der Waals surface area contributed by atoms with E-state index in [1.165, 1.54) is 0 Å². The number of thiophene rings is 1. The molecule has 2 atom stereocenters. The zero-order valence-electron chi connectivity index (χ0n) is 17.0. The molecule has 0 aliphatic rings. The number of likely N-dealkylation sites (N-methyl/N-ethyl adjacent to an activating group) is 1. The summed E-state index contributed by atoms with van der Waals surface area (Å²) in [5.74, 6) is 1.53. The van der Waals surface area contributed by atoms with Gasteiger partial charge in [-0.2, -0.15) is 0 Å². The van der Waals surface area contributed by atoms with Crippen LogP contribution in [0, 0.1) is 0 Å². The number of rotatable bonds is 9. The van der Waals surface area contributed by atoms with Crippen molar-refractivity contribution < 1.29 is 19.2 Å². The number of quaternary nitrogens is 1. The third kappa shape index (κ3) is 5.59. The molecule has 1 aromatic heterocycles. The van der Waals surface area contributed by atoms with Crippen molar-refractivity contribution in [1.29, 1.82) is 0 Å². The first kappa shape index (κ1) is 20.9. The number of benzene rings is 2. The summed E-state index contributed by atoms with van der Waals surface area (Å²) in [6.45, 7) is 1.04. The van der Waals surface area contributed by atoms with Crippen LogP contribution in [-0.2, 0) is 11.3 Å². The average molecular weight is 412 g/mol. The summed E-state index contributed by atoms with van der Waals surface area (Å²) in [5, 5.41) is 5.23. The van der Waals surface area contributed by atoms with Gasteiger partial charge in [0.05, 0.1) is 27.3 Å². The van der Waals surface area contributed by atoms with Crippen molar-refractivity contribution in [1.82, 2.24) is 5.32 Å². The van der Waals surface area contributed by atoms with Gasteiger partial charge in [-0.05, 0) is 29.1 Å². The first-order chi connectivity index (χ1) is 14.1. The molecule has 2 aromatic carbocycles. The lowest BCUT2D eigenvalue weighted by Crippen LogP contribution is -3.08. The maximum absolute atomic E-state index is 12.8. The molecule has 0 aliphatic carbocycles. The molecule has 0 bridgehead atoms. The maximum Gasteiger partial charge on any atom is 0.275 e. The Balaban J connectivity index is 1.66. The maximum atomic E-state index is 12.8. The Bertz CT molecular complexity index is 913. The molecule has 2 N–H and O–H groups in total. The van der Waals surface area contributed by atoms with Gasteiger partial charge in [0.1, 0.15) is 18.0 Å².